The number of aliphatic hydroxyl groups excluding tert-OH is 1. The van der Waals surface area contributed by atoms with Crippen LogP contribution in [0.5, 0.6) is 0 Å². The van der Waals surface area contributed by atoms with Crippen molar-refractivity contribution in [2.24, 2.45) is 0 Å². The second-order valence-corrected chi connectivity index (χ2v) is 8.33. The zero-order valence-electron chi connectivity index (χ0n) is 18.4. The Kier molecular flexibility index (Phi) is 9.62. The zero-order chi connectivity index (χ0) is 21.2. The highest BCUT2D eigenvalue weighted by Gasteiger charge is 2.31. The molecule has 29 heavy (non-hydrogen) atoms. The first-order valence-electron chi connectivity index (χ1n) is 10.7. The molecule has 1 N–H and O–H groups in total. The second kappa shape index (κ2) is 11.9. The van der Waals surface area contributed by atoms with Crippen LogP contribution in [-0.2, 0) is 14.3 Å². The first-order chi connectivity index (χ1) is 13.8. The van der Waals surface area contributed by atoms with Gasteiger partial charge in [-0.2, -0.15) is 0 Å². The van der Waals surface area contributed by atoms with Gasteiger partial charge in [0.1, 0.15) is 0 Å². The number of carbonyl (C=O) groups excluding carboxylic acids is 1. The smallest absolute Gasteiger partial charge is 0.333 e. The van der Waals surface area contributed by atoms with E-state index < -0.39 is 12.3 Å². The molecule has 0 saturated carbocycles. The normalized spacial score (nSPS) is 22.9. The third kappa shape index (κ3) is 8.55. The summed E-state index contributed by atoms with van der Waals surface area (Å²) in [6.45, 7) is 9.28. The fraction of sp³-hybridized carbons (Fsp3) is 0.560. The third-order valence-corrected chi connectivity index (χ3v) is 5.34. The number of cyclic esters (lactones) is 1. The molecule has 2 unspecified atom stereocenters. The Bertz CT molecular complexity index is 717. The summed E-state index contributed by atoms with van der Waals surface area (Å²) in [5, 5.41) is 9.72. The highest BCUT2D eigenvalue weighted by molar-refractivity contribution is 5.85. The average Bonchev–Trinajstić information content (AvgIpc) is 3.00. The van der Waals surface area contributed by atoms with E-state index in [1.165, 1.54) is 28.4 Å². The van der Waals surface area contributed by atoms with Crippen LogP contribution >= 0.6 is 0 Å². The van der Waals surface area contributed by atoms with Crippen molar-refractivity contribution in [1.29, 1.82) is 0 Å². The van der Waals surface area contributed by atoms with Gasteiger partial charge in [0, 0.05) is 11.6 Å². The minimum Gasteiger partial charge on any atom is -0.429 e. The summed E-state index contributed by atoms with van der Waals surface area (Å²) in [7, 11) is 0. The summed E-state index contributed by atoms with van der Waals surface area (Å²) in [5.74, 6) is -0.496. The molecule has 0 spiro atoms. The Morgan fingerprint density at radius 1 is 1.07 bits per heavy atom. The first kappa shape index (κ1) is 23.4. The number of ether oxygens (including phenoxy) is 2. The largest absolute Gasteiger partial charge is 0.429 e. The van der Waals surface area contributed by atoms with Crippen molar-refractivity contribution in [3.05, 3.63) is 58.2 Å². The Morgan fingerprint density at radius 2 is 1.72 bits per heavy atom. The fourth-order valence-electron chi connectivity index (χ4n) is 3.53. The summed E-state index contributed by atoms with van der Waals surface area (Å²) >= 11 is 0. The van der Waals surface area contributed by atoms with Gasteiger partial charge < -0.3 is 14.6 Å². The van der Waals surface area contributed by atoms with Gasteiger partial charge in [0.15, 0.2) is 0 Å². The summed E-state index contributed by atoms with van der Waals surface area (Å²) in [6.07, 6.45) is 16.3. The molecule has 160 valence electrons. The van der Waals surface area contributed by atoms with Crippen LogP contribution in [0.1, 0.15) is 72.6 Å². The Labute approximate surface area is 175 Å². The van der Waals surface area contributed by atoms with Crippen LogP contribution in [-0.4, -0.2) is 30.1 Å². The summed E-state index contributed by atoms with van der Waals surface area (Å²) in [6, 6.07) is 0. The van der Waals surface area contributed by atoms with Crippen LogP contribution in [0.3, 0.4) is 0 Å². The van der Waals surface area contributed by atoms with Gasteiger partial charge in [0.2, 0.25) is 6.29 Å². The molecule has 0 fully saturated rings. The molecule has 2 rings (SSSR count). The highest BCUT2D eigenvalue weighted by atomic mass is 16.6. The molecule has 2 aliphatic heterocycles. The Hall–Kier alpha value is -1.91. The average molecular weight is 401 g/mol. The SMILES string of the molecule is CC(C)=CCC/C(C)=C/CC/C(C)=C/CCC1=CCC(C2=CC(=O)OC2O)OC1. The van der Waals surface area contributed by atoms with Crippen LogP contribution < -0.4 is 0 Å². The van der Waals surface area contributed by atoms with Crippen molar-refractivity contribution in [2.75, 3.05) is 6.61 Å². The minimum absolute atomic E-state index is 0.260. The van der Waals surface area contributed by atoms with Gasteiger partial charge in [-0.3, -0.25) is 0 Å². The second-order valence-electron chi connectivity index (χ2n) is 8.33. The predicted octanol–water partition coefficient (Wildman–Crippen LogP) is 5.70. The Morgan fingerprint density at radius 3 is 2.28 bits per heavy atom. The Balaban J connectivity index is 1.67. The zero-order valence-corrected chi connectivity index (χ0v) is 18.4. The molecule has 2 heterocycles. The van der Waals surface area contributed by atoms with Gasteiger partial charge in [0.25, 0.3) is 0 Å². The number of hydrogen-bond acceptors (Lipinski definition) is 4. The molecule has 0 aromatic heterocycles. The van der Waals surface area contributed by atoms with Crippen molar-refractivity contribution in [3.63, 3.8) is 0 Å². The van der Waals surface area contributed by atoms with Gasteiger partial charge in [0.05, 0.1) is 12.7 Å². The van der Waals surface area contributed by atoms with Crippen molar-refractivity contribution in [2.45, 2.75) is 85.0 Å². The molecular formula is C25H36O4. The van der Waals surface area contributed by atoms with Crippen molar-refractivity contribution < 1.29 is 19.4 Å². The quantitative estimate of drug-likeness (QED) is 0.377. The van der Waals surface area contributed by atoms with Gasteiger partial charge in [-0.25, -0.2) is 4.79 Å². The summed E-state index contributed by atoms with van der Waals surface area (Å²) in [4.78, 5) is 11.2. The molecule has 0 aliphatic carbocycles. The van der Waals surface area contributed by atoms with E-state index in [0.717, 1.165) is 38.5 Å². The van der Waals surface area contributed by atoms with Crippen LogP contribution in [0.25, 0.3) is 0 Å². The standard InChI is InChI=1S/C25H36O4/c1-18(2)8-5-9-19(3)10-6-11-20(4)12-7-13-21-14-15-23(28-17-21)22-16-24(26)29-25(22)27/h8,10,12,14,16,23,25,27H,5-7,9,11,13,15,17H2,1-4H3/b19-10+,20-12+. The van der Waals surface area contributed by atoms with E-state index in [0.29, 0.717) is 18.6 Å². The van der Waals surface area contributed by atoms with Gasteiger partial charge >= 0.3 is 5.97 Å². The molecule has 0 radical (unpaired) electrons. The molecular weight excluding hydrogens is 364 g/mol. The molecule has 4 nitrogen and oxygen atoms in total. The van der Waals surface area contributed by atoms with Gasteiger partial charge in [-0.15, -0.1) is 0 Å². The van der Waals surface area contributed by atoms with E-state index >= 15 is 0 Å². The molecule has 0 bridgehead atoms. The summed E-state index contributed by atoms with van der Waals surface area (Å²) in [5.41, 5.74) is 6.11. The number of allylic oxidation sites excluding steroid dienone is 6. The van der Waals surface area contributed by atoms with E-state index in [9.17, 15) is 9.90 Å². The van der Waals surface area contributed by atoms with Crippen molar-refractivity contribution >= 4 is 5.97 Å². The topological polar surface area (TPSA) is 55.8 Å². The maximum absolute atomic E-state index is 11.2. The van der Waals surface area contributed by atoms with Gasteiger partial charge in [-0.1, -0.05) is 41.0 Å². The first-order valence-corrected chi connectivity index (χ1v) is 10.7. The molecule has 0 saturated heterocycles. The fourth-order valence-corrected chi connectivity index (χ4v) is 3.53. The van der Waals surface area contributed by atoms with Gasteiger partial charge in [-0.05, 0) is 78.2 Å². The lowest BCUT2D eigenvalue weighted by Gasteiger charge is -2.24. The number of rotatable bonds is 10. The molecule has 2 atom stereocenters. The van der Waals surface area contributed by atoms with E-state index in [2.05, 4.69) is 52.0 Å². The number of aliphatic hydroxyl groups is 1. The van der Waals surface area contributed by atoms with Crippen LogP contribution in [0.15, 0.2) is 58.2 Å². The minimum atomic E-state index is -1.15. The molecule has 0 amide bonds. The van der Waals surface area contributed by atoms with Crippen molar-refractivity contribution in [3.8, 4) is 0 Å². The monoisotopic (exact) mass is 400 g/mol. The number of esters is 1. The lowest BCUT2D eigenvalue weighted by atomic mass is 9.99. The van der Waals surface area contributed by atoms with Crippen LogP contribution in [0, 0.1) is 0 Å². The van der Waals surface area contributed by atoms with E-state index in [-0.39, 0.29) is 6.10 Å². The van der Waals surface area contributed by atoms with Crippen molar-refractivity contribution in [1.82, 2.24) is 0 Å². The lowest BCUT2D eigenvalue weighted by molar-refractivity contribution is -0.152. The third-order valence-electron chi connectivity index (χ3n) is 5.34. The number of carbonyl (C=O) groups is 1. The molecule has 0 aromatic rings. The van der Waals surface area contributed by atoms with Crippen LogP contribution in [0.4, 0.5) is 0 Å². The van der Waals surface area contributed by atoms with E-state index in [1.807, 2.05) is 0 Å². The number of hydrogen-bond donors (Lipinski definition) is 1. The molecule has 2 aliphatic rings. The lowest BCUT2D eigenvalue weighted by Crippen LogP contribution is -2.26. The van der Waals surface area contributed by atoms with E-state index in [1.54, 1.807) is 0 Å². The van der Waals surface area contributed by atoms with Crippen LogP contribution in [0.2, 0.25) is 0 Å². The van der Waals surface area contributed by atoms with E-state index in [4.69, 9.17) is 9.47 Å². The highest BCUT2D eigenvalue weighted by Crippen LogP contribution is 2.27. The maximum atomic E-state index is 11.2. The maximum Gasteiger partial charge on any atom is 0.333 e. The molecule has 0 aromatic carbocycles. The summed E-state index contributed by atoms with van der Waals surface area (Å²) < 4.78 is 10.6. The predicted molar refractivity (Wildman–Crippen MR) is 117 cm³/mol. The molecule has 4 heteroatoms.